The van der Waals surface area contributed by atoms with E-state index in [0.717, 1.165) is 17.0 Å². The van der Waals surface area contributed by atoms with Crippen LogP contribution < -0.4 is 10.1 Å². The second-order valence-electron chi connectivity index (χ2n) is 5.64. The smallest absolute Gasteiger partial charge is 0.416 e. The topological polar surface area (TPSA) is 71.5 Å². The fourth-order valence-corrected chi connectivity index (χ4v) is 2.60. The Morgan fingerprint density at radius 2 is 2.00 bits per heavy atom. The average Bonchev–Trinajstić information content (AvgIpc) is 2.90. The molecular formula is C17H14F3N3O3. The number of alkyl halides is 3. The maximum atomic E-state index is 12.9. The zero-order valence-corrected chi connectivity index (χ0v) is 13.6. The minimum absolute atomic E-state index is 0.0445. The Morgan fingerprint density at radius 3 is 2.62 bits per heavy atom. The van der Waals surface area contributed by atoms with E-state index in [1.165, 1.54) is 25.4 Å². The van der Waals surface area contributed by atoms with Crippen LogP contribution in [0.15, 0.2) is 42.6 Å². The molecule has 1 fully saturated rings. The number of ether oxygens (including phenoxy) is 1. The Morgan fingerprint density at radius 1 is 1.23 bits per heavy atom. The van der Waals surface area contributed by atoms with Crippen LogP contribution in [0.2, 0.25) is 0 Å². The molecule has 1 saturated heterocycles. The highest BCUT2D eigenvalue weighted by molar-refractivity contribution is 6.04. The number of aromatic nitrogens is 1. The molecule has 1 atom stereocenters. The van der Waals surface area contributed by atoms with E-state index in [-0.39, 0.29) is 12.1 Å². The first kappa shape index (κ1) is 17.7. The number of nitrogens with zero attached hydrogens (tertiary/aromatic N) is 2. The highest BCUT2D eigenvalue weighted by Gasteiger charge is 2.40. The molecule has 0 spiro atoms. The Balaban J connectivity index is 1.80. The van der Waals surface area contributed by atoms with Gasteiger partial charge in [-0.3, -0.25) is 9.69 Å². The summed E-state index contributed by atoms with van der Waals surface area (Å²) >= 11 is 0. The third-order valence-electron chi connectivity index (χ3n) is 3.92. The predicted molar refractivity (Wildman–Crippen MR) is 84.1 cm³/mol. The van der Waals surface area contributed by atoms with E-state index in [1.807, 2.05) is 0 Å². The summed E-state index contributed by atoms with van der Waals surface area (Å²) < 4.78 is 43.5. The van der Waals surface area contributed by atoms with Crippen LogP contribution in [-0.2, 0) is 17.5 Å². The molecule has 3 amide bonds. The fraction of sp³-hybridized carbons (Fsp3) is 0.235. The standard InChI is InChI=1S/C17H14F3N3O3/c1-26-13-6-5-10(8-21-13)9-23-15(24)14(22-16(23)25)11-3-2-4-12(7-11)17(18,19)20/h2-8,14H,9H2,1H3,(H,22,25). The molecule has 1 aromatic heterocycles. The molecule has 1 aromatic carbocycles. The quantitative estimate of drug-likeness (QED) is 0.846. The minimum Gasteiger partial charge on any atom is -0.481 e. The molecule has 1 aliphatic heterocycles. The monoisotopic (exact) mass is 365 g/mol. The van der Waals surface area contributed by atoms with Gasteiger partial charge in [0.05, 0.1) is 19.2 Å². The van der Waals surface area contributed by atoms with Crippen LogP contribution in [0.5, 0.6) is 5.88 Å². The number of nitrogens with one attached hydrogen (secondary N) is 1. The second kappa shape index (κ2) is 6.66. The lowest BCUT2D eigenvalue weighted by atomic mass is 10.0. The van der Waals surface area contributed by atoms with Gasteiger partial charge in [-0.25, -0.2) is 9.78 Å². The molecule has 26 heavy (non-hydrogen) atoms. The SMILES string of the molecule is COc1ccc(CN2C(=O)NC(c3cccc(C(F)(F)F)c3)C2=O)cn1. The van der Waals surface area contributed by atoms with E-state index in [2.05, 4.69) is 10.3 Å². The molecular weight excluding hydrogens is 351 g/mol. The summed E-state index contributed by atoms with van der Waals surface area (Å²) in [5.74, 6) is -0.238. The molecule has 3 rings (SSSR count). The summed E-state index contributed by atoms with van der Waals surface area (Å²) in [6.45, 7) is -0.0445. The summed E-state index contributed by atoms with van der Waals surface area (Å²) in [7, 11) is 1.46. The summed E-state index contributed by atoms with van der Waals surface area (Å²) in [5, 5.41) is 2.42. The number of hydrogen-bond acceptors (Lipinski definition) is 4. The number of hydrogen-bond donors (Lipinski definition) is 1. The van der Waals surface area contributed by atoms with Crippen molar-refractivity contribution >= 4 is 11.9 Å². The van der Waals surface area contributed by atoms with Crippen molar-refractivity contribution in [3.63, 3.8) is 0 Å². The number of methoxy groups -OCH3 is 1. The normalized spacial score (nSPS) is 17.4. The summed E-state index contributed by atoms with van der Waals surface area (Å²) in [6.07, 6.45) is -3.08. The van der Waals surface area contributed by atoms with Gasteiger partial charge in [-0.1, -0.05) is 18.2 Å². The van der Waals surface area contributed by atoms with Crippen LogP contribution in [0, 0.1) is 0 Å². The predicted octanol–water partition coefficient (Wildman–Crippen LogP) is 2.90. The van der Waals surface area contributed by atoms with Crippen molar-refractivity contribution in [3.8, 4) is 5.88 Å². The van der Waals surface area contributed by atoms with Crippen LogP contribution >= 0.6 is 0 Å². The van der Waals surface area contributed by atoms with E-state index >= 15 is 0 Å². The summed E-state index contributed by atoms with van der Waals surface area (Å²) in [5.41, 5.74) is -0.220. The van der Waals surface area contributed by atoms with E-state index in [9.17, 15) is 22.8 Å². The Bertz CT molecular complexity index is 837. The first-order valence-electron chi connectivity index (χ1n) is 7.57. The minimum atomic E-state index is -4.53. The molecule has 136 valence electrons. The summed E-state index contributed by atoms with van der Waals surface area (Å²) in [4.78, 5) is 29.6. The van der Waals surface area contributed by atoms with Crippen LogP contribution in [0.25, 0.3) is 0 Å². The van der Waals surface area contributed by atoms with Crippen molar-refractivity contribution in [2.75, 3.05) is 7.11 Å². The number of carbonyl (C=O) groups is 2. The van der Waals surface area contributed by atoms with Crippen molar-refractivity contribution < 1.29 is 27.5 Å². The van der Waals surface area contributed by atoms with Crippen molar-refractivity contribution in [1.29, 1.82) is 0 Å². The van der Waals surface area contributed by atoms with Crippen LogP contribution in [0.4, 0.5) is 18.0 Å². The zero-order chi connectivity index (χ0) is 18.9. The van der Waals surface area contributed by atoms with Gasteiger partial charge in [-0.2, -0.15) is 13.2 Å². The Hall–Kier alpha value is -3.10. The van der Waals surface area contributed by atoms with Crippen molar-refractivity contribution in [2.45, 2.75) is 18.8 Å². The van der Waals surface area contributed by atoms with Gasteiger partial charge in [0.15, 0.2) is 0 Å². The lowest BCUT2D eigenvalue weighted by Gasteiger charge is -2.14. The molecule has 2 aromatic rings. The molecule has 6 nitrogen and oxygen atoms in total. The van der Waals surface area contributed by atoms with Crippen LogP contribution in [-0.4, -0.2) is 28.9 Å². The van der Waals surface area contributed by atoms with Gasteiger partial charge in [0.1, 0.15) is 6.04 Å². The highest BCUT2D eigenvalue weighted by Crippen LogP contribution is 2.32. The maximum Gasteiger partial charge on any atom is 0.416 e. The highest BCUT2D eigenvalue weighted by atomic mass is 19.4. The van der Waals surface area contributed by atoms with E-state index < -0.39 is 29.7 Å². The van der Waals surface area contributed by atoms with Crippen molar-refractivity contribution in [3.05, 3.63) is 59.3 Å². The van der Waals surface area contributed by atoms with Crippen LogP contribution in [0.3, 0.4) is 0 Å². The van der Waals surface area contributed by atoms with Gasteiger partial charge < -0.3 is 10.1 Å². The molecule has 1 N–H and O–H groups in total. The number of amides is 3. The lowest BCUT2D eigenvalue weighted by molar-refractivity contribution is -0.137. The molecule has 0 saturated carbocycles. The third-order valence-corrected chi connectivity index (χ3v) is 3.92. The van der Waals surface area contributed by atoms with E-state index in [4.69, 9.17) is 4.74 Å². The van der Waals surface area contributed by atoms with E-state index in [0.29, 0.717) is 11.4 Å². The van der Waals surface area contributed by atoms with Gasteiger partial charge >= 0.3 is 12.2 Å². The average molecular weight is 365 g/mol. The van der Waals surface area contributed by atoms with Gasteiger partial charge in [-0.15, -0.1) is 0 Å². The molecule has 0 aliphatic carbocycles. The first-order valence-corrected chi connectivity index (χ1v) is 7.57. The zero-order valence-electron chi connectivity index (χ0n) is 13.6. The lowest BCUT2D eigenvalue weighted by Crippen LogP contribution is -2.30. The molecule has 0 radical (unpaired) electrons. The third kappa shape index (κ3) is 3.46. The first-order chi connectivity index (χ1) is 12.3. The molecule has 0 bridgehead atoms. The maximum absolute atomic E-state index is 12.9. The molecule has 2 heterocycles. The second-order valence-corrected chi connectivity index (χ2v) is 5.64. The summed E-state index contributed by atoms with van der Waals surface area (Å²) in [6, 6.07) is 5.74. The van der Waals surface area contributed by atoms with Crippen LogP contribution in [0.1, 0.15) is 22.7 Å². The number of imide groups is 1. The number of carbonyl (C=O) groups excluding carboxylic acids is 2. The molecule has 1 aliphatic rings. The van der Waals surface area contributed by atoms with Crippen molar-refractivity contribution in [1.82, 2.24) is 15.2 Å². The Labute approximate surface area is 146 Å². The molecule has 9 heteroatoms. The largest absolute Gasteiger partial charge is 0.481 e. The molecule has 1 unspecified atom stereocenters. The van der Waals surface area contributed by atoms with Crippen molar-refractivity contribution in [2.24, 2.45) is 0 Å². The van der Waals surface area contributed by atoms with Gasteiger partial charge in [0, 0.05) is 12.3 Å². The van der Waals surface area contributed by atoms with Gasteiger partial charge in [0.2, 0.25) is 5.88 Å². The number of halogens is 3. The number of benzene rings is 1. The number of pyridine rings is 1. The number of rotatable bonds is 4. The fourth-order valence-electron chi connectivity index (χ4n) is 2.60. The Kier molecular flexibility index (Phi) is 4.54. The van der Waals surface area contributed by atoms with Gasteiger partial charge in [-0.05, 0) is 23.3 Å². The van der Waals surface area contributed by atoms with E-state index in [1.54, 1.807) is 12.1 Å². The van der Waals surface area contributed by atoms with Gasteiger partial charge in [0.25, 0.3) is 5.91 Å². The number of urea groups is 1.